The summed E-state index contributed by atoms with van der Waals surface area (Å²) in [7, 11) is -2.38. The Morgan fingerprint density at radius 2 is 2.05 bits per heavy atom. The van der Waals surface area contributed by atoms with Crippen molar-refractivity contribution in [3.8, 4) is 17.6 Å². The fraction of sp³-hybridized carbons (Fsp3) is 0.333. The molecular weight excluding hydrogens is 691 g/mol. The van der Waals surface area contributed by atoms with Gasteiger partial charge in [-0.3, -0.25) is 4.90 Å². The minimum atomic E-state index is -3.71. The summed E-state index contributed by atoms with van der Waals surface area (Å²) in [5.41, 5.74) is 8.49. The summed E-state index contributed by atoms with van der Waals surface area (Å²) >= 11 is 3.82. The Labute approximate surface area is 260 Å². The van der Waals surface area contributed by atoms with Crippen molar-refractivity contribution in [2.45, 2.75) is 40.9 Å². The summed E-state index contributed by atoms with van der Waals surface area (Å²) in [6.45, 7) is 3.24. The highest BCUT2D eigenvalue weighted by atomic mass is 127. The Morgan fingerprint density at radius 1 is 1.24 bits per heavy atom. The smallest absolute Gasteiger partial charge is 0.241 e. The molecule has 1 fully saturated rings. The second-order valence-electron chi connectivity index (χ2n) is 10.1. The highest BCUT2D eigenvalue weighted by molar-refractivity contribution is 14.1. The predicted molar refractivity (Wildman–Crippen MR) is 165 cm³/mol. The second kappa shape index (κ2) is 11.8. The van der Waals surface area contributed by atoms with Gasteiger partial charge in [-0.1, -0.05) is 17.8 Å². The molecule has 12 nitrogen and oxygen atoms in total. The summed E-state index contributed by atoms with van der Waals surface area (Å²) in [6, 6.07) is 10.9. The molecule has 6 rings (SSSR count). The van der Waals surface area contributed by atoms with Crippen molar-refractivity contribution >= 4 is 61.4 Å². The van der Waals surface area contributed by atoms with E-state index < -0.39 is 10.0 Å². The van der Waals surface area contributed by atoms with Crippen molar-refractivity contribution < 1.29 is 17.9 Å². The van der Waals surface area contributed by atoms with Crippen LogP contribution in [0.1, 0.15) is 24.0 Å². The molecule has 0 radical (unpaired) electrons. The van der Waals surface area contributed by atoms with Gasteiger partial charge in [0.25, 0.3) is 0 Å². The standard InChI is InChI=1S/C27H27IN8O4S2/c1-31-42(37,38)23-5-4-16(7-18(23)10-29)11-35-6-2-3-17(12-35)13-36-26-24(25(30)32-14-33-26)34-27(36)41-22-9-21-20(8-19(22)28)39-15-40-21/h4-5,7-9,14,17,31H,2-3,6,11-13,15H2,1H3,(H2,30,32,33)/t17-/m0/s1. The number of sulfonamides is 1. The maximum absolute atomic E-state index is 12.3. The number of ether oxygens (including phenoxy) is 2. The number of nitrogens with two attached hydrogens (primary N) is 1. The molecule has 4 heterocycles. The van der Waals surface area contributed by atoms with Gasteiger partial charge < -0.3 is 19.8 Å². The molecule has 218 valence electrons. The van der Waals surface area contributed by atoms with Gasteiger partial charge in [0.05, 0.1) is 10.5 Å². The van der Waals surface area contributed by atoms with E-state index in [9.17, 15) is 13.7 Å². The molecule has 2 aliphatic heterocycles. The lowest BCUT2D eigenvalue weighted by atomic mass is 9.97. The first kappa shape index (κ1) is 28.9. The van der Waals surface area contributed by atoms with Crippen LogP contribution in [0.15, 0.2) is 51.6 Å². The third-order valence-electron chi connectivity index (χ3n) is 7.33. The van der Waals surface area contributed by atoms with E-state index in [4.69, 9.17) is 20.2 Å². The molecule has 0 amide bonds. The Kier molecular flexibility index (Phi) is 8.16. The Morgan fingerprint density at radius 3 is 2.83 bits per heavy atom. The zero-order chi connectivity index (χ0) is 29.4. The number of nitrogens with zero attached hydrogens (tertiary/aromatic N) is 6. The number of halogens is 1. The highest BCUT2D eigenvalue weighted by Crippen LogP contribution is 2.42. The SMILES string of the molecule is CNS(=O)(=O)c1ccc(CN2CCC[C@H](Cn3c(Sc4cc5c(cc4I)OCO5)nc4c(N)ncnc43)C2)cc1C#N. The third-order valence-corrected chi connectivity index (χ3v) is 11.1. The number of fused-ring (bicyclic) bond motifs is 2. The number of likely N-dealkylation sites (tertiary alicyclic amines) is 1. The van der Waals surface area contributed by atoms with Crippen molar-refractivity contribution in [2.24, 2.45) is 5.92 Å². The Balaban J connectivity index is 1.24. The number of nitrogens with one attached hydrogen (secondary N) is 1. The zero-order valence-corrected chi connectivity index (χ0v) is 26.4. The minimum absolute atomic E-state index is 0.0110. The lowest BCUT2D eigenvalue weighted by molar-refractivity contribution is 0.155. The first-order valence-corrected chi connectivity index (χ1v) is 16.6. The molecule has 2 aromatic heterocycles. The van der Waals surface area contributed by atoms with Gasteiger partial charge in [0, 0.05) is 28.1 Å². The van der Waals surface area contributed by atoms with Gasteiger partial charge in [-0.2, -0.15) is 5.26 Å². The third kappa shape index (κ3) is 5.73. The summed E-state index contributed by atoms with van der Waals surface area (Å²) in [5.74, 6) is 2.08. The van der Waals surface area contributed by atoms with Crippen LogP contribution < -0.4 is 19.9 Å². The predicted octanol–water partition coefficient (Wildman–Crippen LogP) is 3.58. The van der Waals surface area contributed by atoms with Crippen LogP contribution in [0.25, 0.3) is 11.2 Å². The summed E-state index contributed by atoms with van der Waals surface area (Å²) in [6.07, 6.45) is 3.51. The lowest BCUT2D eigenvalue weighted by Crippen LogP contribution is -2.36. The molecule has 0 saturated carbocycles. The Hall–Kier alpha value is -3.17. The average Bonchev–Trinajstić information content (AvgIpc) is 3.58. The zero-order valence-electron chi connectivity index (χ0n) is 22.6. The number of nitrogen functional groups attached to an aromatic ring is 1. The van der Waals surface area contributed by atoms with Crippen LogP contribution in [0.5, 0.6) is 11.5 Å². The molecule has 0 bridgehead atoms. The first-order valence-electron chi connectivity index (χ1n) is 13.2. The molecule has 3 N–H and O–H groups in total. The summed E-state index contributed by atoms with van der Waals surface area (Å²) in [5, 5.41) is 10.4. The fourth-order valence-electron chi connectivity index (χ4n) is 5.32. The van der Waals surface area contributed by atoms with Gasteiger partial charge in [0.1, 0.15) is 12.4 Å². The second-order valence-corrected chi connectivity index (χ2v) is 14.1. The Bertz CT molecular complexity index is 1830. The van der Waals surface area contributed by atoms with Crippen molar-refractivity contribution in [3.05, 3.63) is 51.4 Å². The van der Waals surface area contributed by atoms with Crippen LogP contribution in [0.2, 0.25) is 0 Å². The number of anilines is 1. The first-order chi connectivity index (χ1) is 20.3. The molecule has 2 aliphatic rings. The van der Waals surface area contributed by atoms with Crippen molar-refractivity contribution in [1.29, 1.82) is 5.26 Å². The number of aromatic nitrogens is 4. The number of nitriles is 1. The van der Waals surface area contributed by atoms with Crippen molar-refractivity contribution in [3.63, 3.8) is 0 Å². The molecule has 4 aromatic rings. The highest BCUT2D eigenvalue weighted by Gasteiger charge is 2.26. The van der Waals surface area contributed by atoms with Crippen LogP contribution >= 0.6 is 34.4 Å². The van der Waals surface area contributed by atoms with E-state index in [1.54, 1.807) is 12.1 Å². The van der Waals surface area contributed by atoms with Gasteiger partial charge >= 0.3 is 0 Å². The van der Waals surface area contributed by atoms with Gasteiger partial charge in [0.2, 0.25) is 16.8 Å². The van der Waals surface area contributed by atoms with Crippen LogP contribution in [-0.4, -0.2) is 59.8 Å². The molecule has 2 aromatic carbocycles. The van der Waals surface area contributed by atoms with Crippen LogP contribution in [0, 0.1) is 20.8 Å². The molecule has 0 spiro atoms. The molecule has 0 unspecified atom stereocenters. The number of hydrogen-bond acceptors (Lipinski definition) is 11. The van der Waals surface area contributed by atoms with Gasteiger partial charge in [-0.15, -0.1) is 0 Å². The summed E-state index contributed by atoms with van der Waals surface area (Å²) < 4.78 is 41.1. The van der Waals surface area contributed by atoms with Crippen LogP contribution in [0.3, 0.4) is 0 Å². The maximum atomic E-state index is 12.3. The van der Waals surface area contributed by atoms with Crippen molar-refractivity contribution in [1.82, 2.24) is 29.1 Å². The van der Waals surface area contributed by atoms with Crippen LogP contribution in [0.4, 0.5) is 5.82 Å². The monoisotopic (exact) mass is 718 g/mol. The average molecular weight is 719 g/mol. The van der Waals surface area contributed by atoms with Crippen LogP contribution in [-0.2, 0) is 23.1 Å². The summed E-state index contributed by atoms with van der Waals surface area (Å²) in [4.78, 5) is 16.9. The van der Waals surface area contributed by atoms with E-state index in [1.165, 1.54) is 31.2 Å². The molecule has 1 atom stereocenters. The molecule has 0 aliphatic carbocycles. The molecular formula is C27H27IN8O4S2. The maximum Gasteiger partial charge on any atom is 0.241 e. The number of hydrogen-bond donors (Lipinski definition) is 2. The lowest BCUT2D eigenvalue weighted by Gasteiger charge is -2.33. The van der Waals surface area contributed by atoms with E-state index >= 15 is 0 Å². The number of piperidine rings is 1. The molecule has 15 heteroatoms. The topological polar surface area (TPSA) is 161 Å². The molecule has 42 heavy (non-hydrogen) atoms. The van der Waals surface area contributed by atoms with Crippen molar-refractivity contribution in [2.75, 3.05) is 32.7 Å². The van der Waals surface area contributed by atoms with Gasteiger partial charge in [-0.25, -0.2) is 28.1 Å². The molecule has 1 saturated heterocycles. The number of rotatable bonds is 8. The fourth-order valence-corrected chi connectivity index (χ4v) is 7.88. The van der Waals surface area contributed by atoms with E-state index in [2.05, 4.69) is 46.7 Å². The quantitative estimate of drug-likeness (QED) is 0.256. The van der Waals surface area contributed by atoms with Gasteiger partial charge in [0.15, 0.2) is 33.6 Å². The van der Waals surface area contributed by atoms with E-state index in [-0.39, 0.29) is 17.3 Å². The minimum Gasteiger partial charge on any atom is -0.454 e. The van der Waals surface area contributed by atoms with Gasteiger partial charge in [-0.05, 0) is 84.8 Å². The normalized spacial score (nSPS) is 17.0. The van der Waals surface area contributed by atoms with E-state index in [0.717, 1.165) is 50.9 Å². The number of imidazole rings is 1. The number of benzene rings is 2. The van der Waals surface area contributed by atoms with E-state index in [0.29, 0.717) is 41.7 Å². The largest absolute Gasteiger partial charge is 0.454 e. The van der Waals surface area contributed by atoms with E-state index in [1.807, 2.05) is 18.2 Å².